The van der Waals surface area contributed by atoms with Crippen molar-refractivity contribution in [2.24, 2.45) is 0 Å². The minimum atomic E-state index is 0.918. The van der Waals surface area contributed by atoms with Crippen molar-refractivity contribution in [1.82, 2.24) is 18.7 Å². The monoisotopic (exact) mass is 750 g/mol. The summed E-state index contributed by atoms with van der Waals surface area (Å²) in [6, 6.07) is 74.9. The van der Waals surface area contributed by atoms with Gasteiger partial charge in [-0.25, -0.2) is 4.98 Å². The SMILES string of the molecule is c1ccc(-n2c(-c3cccc4ccccc34)nc3c4cc(-n5c6ccccc6c6ccccc65)ccc4c4ccc(-n5c6ccccc6c6ccccc65)cc4c32)cc1. The number of nitrogens with zero attached hydrogens (tertiary/aromatic N) is 4. The van der Waals surface area contributed by atoms with Gasteiger partial charge in [0.1, 0.15) is 5.82 Å². The van der Waals surface area contributed by atoms with Crippen molar-refractivity contribution in [2.45, 2.75) is 0 Å². The summed E-state index contributed by atoms with van der Waals surface area (Å²) in [6.45, 7) is 0. The summed E-state index contributed by atoms with van der Waals surface area (Å²) in [5.74, 6) is 0.918. The topological polar surface area (TPSA) is 27.7 Å². The molecule has 0 N–H and O–H groups in total. The number of aromatic nitrogens is 4. The van der Waals surface area contributed by atoms with Crippen LogP contribution in [-0.4, -0.2) is 18.7 Å². The van der Waals surface area contributed by atoms with E-state index in [1.54, 1.807) is 0 Å². The summed E-state index contributed by atoms with van der Waals surface area (Å²) >= 11 is 0. The van der Waals surface area contributed by atoms with Gasteiger partial charge < -0.3 is 9.13 Å². The molecule has 0 fully saturated rings. The zero-order chi connectivity index (χ0) is 38.6. The van der Waals surface area contributed by atoms with Crippen LogP contribution in [0.5, 0.6) is 0 Å². The molecule has 0 saturated heterocycles. The van der Waals surface area contributed by atoms with Gasteiger partial charge in [-0.05, 0) is 82.2 Å². The molecule has 0 atom stereocenters. The fraction of sp³-hybridized carbons (Fsp3) is 0. The van der Waals surface area contributed by atoms with Crippen molar-refractivity contribution in [1.29, 1.82) is 0 Å². The highest BCUT2D eigenvalue weighted by Gasteiger charge is 2.23. The maximum absolute atomic E-state index is 5.77. The van der Waals surface area contributed by atoms with E-state index in [9.17, 15) is 0 Å². The van der Waals surface area contributed by atoms with Crippen molar-refractivity contribution >= 4 is 87.0 Å². The van der Waals surface area contributed by atoms with E-state index in [1.165, 1.54) is 65.2 Å². The predicted octanol–water partition coefficient (Wildman–Crippen LogP) is 14.3. The van der Waals surface area contributed by atoms with E-state index in [2.05, 4.69) is 220 Å². The molecule has 274 valence electrons. The highest BCUT2D eigenvalue weighted by atomic mass is 15.1. The maximum atomic E-state index is 5.77. The minimum absolute atomic E-state index is 0.918. The van der Waals surface area contributed by atoms with Crippen LogP contribution in [0.3, 0.4) is 0 Å². The molecule has 13 rings (SSSR count). The number of rotatable bonds is 4. The highest BCUT2D eigenvalue weighted by molar-refractivity contribution is 6.25. The number of imidazole rings is 1. The van der Waals surface area contributed by atoms with E-state index in [-0.39, 0.29) is 0 Å². The van der Waals surface area contributed by atoms with Crippen molar-refractivity contribution in [3.63, 3.8) is 0 Å². The Kier molecular flexibility index (Phi) is 6.69. The van der Waals surface area contributed by atoms with Gasteiger partial charge in [0.25, 0.3) is 0 Å². The quantitative estimate of drug-likeness (QED) is 0.165. The highest BCUT2D eigenvalue weighted by Crippen LogP contribution is 2.43. The van der Waals surface area contributed by atoms with Gasteiger partial charge in [0.05, 0.1) is 33.1 Å². The largest absolute Gasteiger partial charge is 0.309 e. The summed E-state index contributed by atoms with van der Waals surface area (Å²) in [5, 5.41) is 12.0. The van der Waals surface area contributed by atoms with Crippen molar-refractivity contribution < 1.29 is 0 Å². The summed E-state index contributed by atoms with van der Waals surface area (Å²) in [7, 11) is 0. The normalized spacial score (nSPS) is 12.1. The zero-order valence-corrected chi connectivity index (χ0v) is 31.9. The molecule has 10 aromatic carbocycles. The lowest BCUT2D eigenvalue weighted by molar-refractivity contribution is 1.11. The number of benzene rings is 10. The molecule has 0 bridgehead atoms. The van der Waals surface area contributed by atoms with Crippen molar-refractivity contribution in [3.05, 3.63) is 206 Å². The van der Waals surface area contributed by atoms with Gasteiger partial charge in [-0.3, -0.25) is 4.57 Å². The molecule has 0 aliphatic rings. The Morgan fingerprint density at radius 3 is 1.32 bits per heavy atom. The second-order valence-electron chi connectivity index (χ2n) is 15.5. The van der Waals surface area contributed by atoms with Crippen LogP contribution in [0.1, 0.15) is 0 Å². The minimum Gasteiger partial charge on any atom is -0.309 e. The van der Waals surface area contributed by atoms with Gasteiger partial charge in [0.15, 0.2) is 0 Å². The van der Waals surface area contributed by atoms with E-state index in [0.29, 0.717) is 0 Å². The molecule has 59 heavy (non-hydrogen) atoms. The van der Waals surface area contributed by atoms with E-state index in [1.807, 2.05) is 0 Å². The summed E-state index contributed by atoms with van der Waals surface area (Å²) in [6.07, 6.45) is 0. The zero-order valence-electron chi connectivity index (χ0n) is 31.9. The number of para-hydroxylation sites is 5. The fourth-order valence-electron chi connectivity index (χ4n) is 9.89. The third-order valence-corrected chi connectivity index (χ3v) is 12.4. The molecule has 0 spiro atoms. The van der Waals surface area contributed by atoms with E-state index in [4.69, 9.17) is 4.98 Å². The maximum Gasteiger partial charge on any atom is 0.146 e. The molecule has 0 saturated carbocycles. The lowest BCUT2D eigenvalue weighted by Gasteiger charge is -2.16. The Bertz CT molecular complexity index is 3730. The van der Waals surface area contributed by atoms with Crippen LogP contribution in [0.25, 0.3) is 115 Å². The molecule has 0 aliphatic heterocycles. The average molecular weight is 751 g/mol. The second kappa shape index (κ2) is 12.3. The number of hydrogen-bond donors (Lipinski definition) is 0. The predicted molar refractivity (Wildman–Crippen MR) is 248 cm³/mol. The molecule has 4 nitrogen and oxygen atoms in total. The van der Waals surface area contributed by atoms with Crippen LogP contribution in [0.15, 0.2) is 206 Å². The third kappa shape index (κ3) is 4.57. The second-order valence-corrected chi connectivity index (χ2v) is 15.5. The lowest BCUT2D eigenvalue weighted by atomic mass is 9.98. The summed E-state index contributed by atoms with van der Waals surface area (Å²) in [5.41, 5.74) is 11.2. The molecular weight excluding hydrogens is 717 g/mol. The van der Waals surface area contributed by atoms with Crippen molar-refractivity contribution in [3.8, 4) is 28.5 Å². The first-order valence-electron chi connectivity index (χ1n) is 20.2. The Labute approximate surface area is 339 Å². The fourth-order valence-corrected chi connectivity index (χ4v) is 9.89. The van der Waals surface area contributed by atoms with Gasteiger partial charge in [0.2, 0.25) is 0 Å². The van der Waals surface area contributed by atoms with E-state index < -0.39 is 0 Å². The van der Waals surface area contributed by atoms with Crippen LogP contribution in [0, 0.1) is 0 Å². The first-order valence-corrected chi connectivity index (χ1v) is 20.2. The van der Waals surface area contributed by atoms with E-state index in [0.717, 1.165) is 50.3 Å². The number of fused-ring (bicyclic) bond motifs is 13. The van der Waals surface area contributed by atoms with Crippen LogP contribution < -0.4 is 0 Å². The average Bonchev–Trinajstić information content (AvgIpc) is 3.98. The van der Waals surface area contributed by atoms with Crippen molar-refractivity contribution in [2.75, 3.05) is 0 Å². The molecule has 0 aliphatic carbocycles. The molecule has 0 radical (unpaired) electrons. The molecule has 3 heterocycles. The van der Waals surface area contributed by atoms with Crippen LogP contribution in [0.4, 0.5) is 0 Å². The Morgan fingerprint density at radius 1 is 0.288 bits per heavy atom. The van der Waals surface area contributed by atoms with Gasteiger partial charge in [-0.1, -0.05) is 146 Å². The molecule has 4 heteroatoms. The Hall–Kier alpha value is -7.95. The van der Waals surface area contributed by atoms with Gasteiger partial charge in [-0.2, -0.15) is 0 Å². The molecule has 0 amide bonds. The first-order chi connectivity index (χ1) is 29.3. The Balaban J connectivity index is 1.20. The summed E-state index contributed by atoms with van der Waals surface area (Å²) in [4.78, 5) is 5.77. The molecule has 3 aromatic heterocycles. The molecule has 13 aromatic rings. The summed E-state index contributed by atoms with van der Waals surface area (Å²) < 4.78 is 7.23. The van der Waals surface area contributed by atoms with Gasteiger partial charge >= 0.3 is 0 Å². The lowest BCUT2D eigenvalue weighted by Crippen LogP contribution is -1.99. The van der Waals surface area contributed by atoms with Crippen LogP contribution >= 0.6 is 0 Å². The molecular formula is C55H34N4. The Morgan fingerprint density at radius 2 is 0.746 bits per heavy atom. The van der Waals surface area contributed by atoms with Gasteiger partial charge in [-0.15, -0.1) is 0 Å². The first kappa shape index (κ1) is 32.2. The number of hydrogen-bond acceptors (Lipinski definition) is 1. The smallest absolute Gasteiger partial charge is 0.146 e. The standard InChI is InChI=1S/C55H34N4/c1-2-17-36(18-3-1)59-54-48-34-38(58-51-27-12-8-22-44(51)45-23-9-13-28-52(45)58)30-32-41(48)40-31-29-37(57-49-25-10-6-20-42(49)43-21-7-11-26-50(43)57)33-47(40)53(54)56-55(59)46-24-14-16-35-15-4-5-19-39(35)46/h1-34H. The van der Waals surface area contributed by atoms with Crippen LogP contribution in [0.2, 0.25) is 0 Å². The molecule has 0 unspecified atom stereocenters. The van der Waals surface area contributed by atoms with Crippen LogP contribution in [-0.2, 0) is 0 Å². The third-order valence-electron chi connectivity index (χ3n) is 12.4. The van der Waals surface area contributed by atoms with E-state index >= 15 is 0 Å². The van der Waals surface area contributed by atoms with Gasteiger partial charge in [0, 0.05) is 54.9 Å².